The van der Waals surface area contributed by atoms with Gasteiger partial charge in [-0.1, -0.05) is 24.3 Å². The van der Waals surface area contributed by atoms with E-state index in [1.807, 2.05) is 12.3 Å². The molecule has 3 nitrogen and oxygen atoms in total. The third-order valence-corrected chi connectivity index (χ3v) is 3.12. The molecule has 1 aromatic carbocycles. The number of hydrogen-bond donors (Lipinski definition) is 1. The number of para-hydroxylation sites is 1. The highest BCUT2D eigenvalue weighted by molar-refractivity contribution is 5.81. The first-order valence-electron chi connectivity index (χ1n) is 6.37. The molecular weight excluding hydrogens is 224 g/mol. The van der Waals surface area contributed by atoms with Gasteiger partial charge in [-0.2, -0.15) is 0 Å². The van der Waals surface area contributed by atoms with Crippen LogP contribution in [0.15, 0.2) is 36.5 Å². The molecule has 1 heterocycles. The van der Waals surface area contributed by atoms with Crippen LogP contribution in [0.1, 0.15) is 12.5 Å². The fraction of sp³-hybridized carbons (Fsp3) is 0.400. The van der Waals surface area contributed by atoms with E-state index in [-0.39, 0.29) is 6.10 Å². The quantitative estimate of drug-likeness (QED) is 0.792. The Kier molecular flexibility index (Phi) is 4.67. The average molecular weight is 244 g/mol. The summed E-state index contributed by atoms with van der Waals surface area (Å²) in [4.78, 5) is 4.46. The fourth-order valence-corrected chi connectivity index (χ4v) is 1.98. The number of methoxy groups -OCH3 is 1. The largest absolute Gasteiger partial charge is 0.380 e. The Morgan fingerprint density at radius 2 is 2.11 bits per heavy atom. The minimum atomic E-state index is 0.260. The van der Waals surface area contributed by atoms with Crippen molar-refractivity contribution in [2.75, 3.05) is 20.2 Å². The van der Waals surface area contributed by atoms with Gasteiger partial charge < -0.3 is 10.1 Å². The van der Waals surface area contributed by atoms with Gasteiger partial charge in [0.15, 0.2) is 0 Å². The molecule has 3 heteroatoms. The molecule has 2 rings (SSSR count). The van der Waals surface area contributed by atoms with Crippen molar-refractivity contribution in [1.29, 1.82) is 0 Å². The first-order valence-corrected chi connectivity index (χ1v) is 6.37. The highest BCUT2D eigenvalue weighted by Gasteiger charge is 2.02. The Balaban J connectivity index is 1.95. The minimum Gasteiger partial charge on any atom is -0.380 e. The van der Waals surface area contributed by atoms with E-state index in [1.165, 1.54) is 10.9 Å². The van der Waals surface area contributed by atoms with Gasteiger partial charge in [-0.05, 0) is 31.5 Å². The molecule has 0 saturated heterocycles. The Labute approximate surface area is 108 Å². The molecule has 1 unspecified atom stereocenters. The Morgan fingerprint density at radius 1 is 1.28 bits per heavy atom. The van der Waals surface area contributed by atoms with Crippen molar-refractivity contribution in [2.45, 2.75) is 19.4 Å². The van der Waals surface area contributed by atoms with E-state index in [0.29, 0.717) is 0 Å². The smallest absolute Gasteiger partial charge is 0.0734 e. The number of rotatable bonds is 6. The lowest BCUT2D eigenvalue weighted by Crippen LogP contribution is -2.27. The molecule has 0 aliphatic rings. The van der Waals surface area contributed by atoms with E-state index in [9.17, 15) is 0 Å². The van der Waals surface area contributed by atoms with Crippen LogP contribution in [-0.4, -0.2) is 31.3 Å². The maximum absolute atomic E-state index is 5.20. The molecule has 18 heavy (non-hydrogen) atoms. The zero-order valence-electron chi connectivity index (χ0n) is 11.0. The number of ether oxygens (including phenoxy) is 1. The zero-order valence-corrected chi connectivity index (χ0v) is 11.0. The third kappa shape index (κ3) is 3.28. The van der Waals surface area contributed by atoms with Crippen molar-refractivity contribution in [1.82, 2.24) is 10.3 Å². The molecule has 1 aromatic heterocycles. The van der Waals surface area contributed by atoms with Gasteiger partial charge in [-0.15, -0.1) is 0 Å². The summed E-state index contributed by atoms with van der Waals surface area (Å²) in [7, 11) is 1.74. The molecule has 0 aliphatic heterocycles. The maximum Gasteiger partial charge on any atom is 0.0734 e. The van der Waals surface area contributed by atoms with Crippen molar-refractivity contribution >= 4 is 10.9 Å². The van der Waals surface area contributed by atoms with Crippen LogP contribution in [0, 0.1) is 0 Å². The minimum absolute atomic E-state index is 0.260. The van der Waals surface area contributed by atoms with Gasteiger partial charge in [0.25, 0.3) is 0 Å². The van der Waals surface area contributed by atoms with Crippen LogP contribution in [0.5, 0.6) is 0 Å². The molecule has 0 radical (unpaired) electrons. The van der Waals surface area contributed by atoms with Crippen molar-refractivity contribution < 1.29 is 4.74 Å². The second-order valence-corrected chi connectivity index (χ2v) is 4.49. The molecular formula is C15H20N2O. The number of fused-ring (bicyclic) bond motifs is 1. The van der Waals surface area contributed by atoms with E-state index < -0.39 is 0 Å². The lowest BCUT2D eigenvalue weighted by atomic mass is 10.1. The number of hydrogen-bond acceptors (Lipinski definition) is 3. The van der Waals surface area contributed by atoms with E-state index in [1.54, 1.807) is 7.11 Å². The first-order chi connectivity index (χ1) is 8.81. The number of benzene rings is 1. The Bertz CT molecular complexity index is 493. The second kappa shape index (κ2) is 6.47. The first kappa shape index (κ1) is 13.0. The normalized spacial score (nSPS) is 12.8. The molecule has 0 fully saturated rings. The predicted octanol–water partition coefficient (Wildman–Crippen LogP) is 2.40. The molecule has 2 aromatic rings. The number of aromatic nitrogens is 1. The zero-order chi connectivity index (χ0) is 12.8. The molecule has 96 valence electrons. The van der Waals surface area contributed by atoms with E-state index in [2.05, 4.69) is 41.5 Å². The second-order valence-electron chi connectivity index (χ2n) is 4.49. The van der Waals surface area contributed by atoms with Crippen LogP contribution in [0.4, 0.5) is 0 Å². The number of nitrogens with zero attached hydrogens (tertiary/aromatic N) is 1. The van der Waals surface area contributed by atoms with Crippen molar-refractivity contribution in [3.05, 3.63) is 42.1 Å². The SMILES string of the molecule is COC(C)CNCCc1cccc2cccnc12. The standard InChI is InChI=1S/C15H20N2O/c1-12(18-2)11-16-10-8-14-6-3-5-13-7-4-9-17-15(13)14/h3-7,9,12,16H,8,10-11H2,1-2H3. The molecule has 0 amide bonds. The Hall–Kier alpha value is -1.45. The summed E-state index contributed by atoms with van der Waals surface area (Å²) in [5.74, 6) is 0. The van der Waals surface area contributed by atoms with Crippen molar-refractivity contribution in [2.24, 2.45) is 0 Å². The lowest BCUT2D eigenvalue weighted by molar-refractivity contribution is 0.117. The van der Waals surface area contributed by atoms with Gasteiger partial charge in [-0.3, -0.25) is 4.98 Å². The highest BCUT2D eigenvalue weighted by Crippen LogP contribution is 2.15. The average Bonchev–Trinajstić information content (AvgIpc) is 2.43. The molecule has 1 N–H and O–H groups in total. The van der Waals surface area contributed by atoms with E-state index in [0.717, 1.165) is 25.0 Å². The summed E-state index contributed by atoms with van der Waals surface area (Å²) in [6, 6.07) is 10.4. The van der Waals surface area contributed by atoms with E-state index >= 15 is 0 Å². The highest BCUT2D eigenvalue weighted by atomic mass is 16.5. The third-order valence-electron chi connectivity index (χ3n) is 3.12. The van der Waals surface area contributed by atoms with Gasteiger partial charge in [0, 0.05) is 25.2 Å². The van der Waals surface area contributed by atoms with Gasteiger partial charge in [0.2, 0.25) is 0 Å². The molecule has 0 spiro atoms. The van der Waals surface area contributed by atoms with Crippen LogP contribution < -0.4 is 5.32 Å². The van der Waals surface area contributed by atoms with Gasteiger partial charge >= 0.3 is 0 Å². The van der Waals surface area contributed by atoms with E-state index in [4.69, 9.17) is 4.74 Å². The van der Waals surface area contributed by atoms with Crippen LogP contribution in [0.25, 0.3) is 10.9 Å². The molecule has 0 saturated carbocycles. The molecule has 0 bridgehead atoms. The monoisotopic (exact) mass is 244 g/mol. The summed E-state index contributed by atoms with van der Waals surface area (Å²) in [5.41, 5.74) is 2.41. The van der Waals surface area contributed by atoms with Crippen LogP contribution in [0.2, 0.25) is 0 Å². The molecule has 1 atom stereocenters. The summed E-state index contributed by atoms with van der Waals surface area (Å²) >= 11 is 0. The lowest BCUT2D eigenvalue weighted by Gasteiger charge is -2.11. The maximum atomic E-state index is 5.20. The predicted molar refractivity (Wildman–Crippen MR) is 74.8 cm³/mol. The number of pyridine rings is 1. The van der Waals surface area contributed by atoms with Crippen molar-refractivity contribution in [3.8, 4) is 0 Å². The van der Waals surface area contributed by atoms with Crippen LogP contribution >= 0.6 is 0 Å². The van der Waals surface area contributed by atoms with Gasteiger partial charge in [0.1, 0.15) is 0 Å². The summed E-state index contributed by atoms with van der Waals surface area (Å²) < 4.78 is 5.20. The van der Waals surface area contributed by atoms with Crippen molar-refractivity contribution in [3.63, 3.8) is 0 Å². The van der Waals surface area contributed by atoms with Gasteiger partial charge in [-0.25, -0.2) is 0 Å². The van der Waals surface area contributed by atoms with Crippen LogP contribution in [0.3, 0.4) is 0 Å². The summed E-state index contributed by atoms with van der Waals surface area (Å²) in [6.07, 6.45) is 3.10. The summed E-state index contributed by atoms with van der Waals surface area (Å²) in [6.45, 7) is 3.89. The Morgan fingerprint density at radius 3 is 2.94 bits per heavy atom. The summed E-state index contributed by atoms with van der Waals surface area (Å²) in [5, 5.41) is 4.61. The molecule has 0 aliphatic carbocycles. The topological polar surface area (TPSA) is 34.1 Å². The fourth-order valence-electron chi connectivity index (χ4n) is 1.98. The number of nitrogens with one attached hydrogen (secondary N) is 1. The van der Waals surface area contributed by atoms with Gasteiger partial charge in [0.05, 0.1) is 11.6 Å². The van der Waals surface area contributed by atoms with Crippen LogP contribution in [-0.2, 0) is 11.2 Å².